The Labute approximate surface area is 119 Å². The summed E-state index contributed by atoms with van der Waals surface area (Å²) in [6.07, 6.45) is 1.49. The van der Waals surface area contributed by atoms with Gasteiger partial charge >= 0.3 is 0 Å². The Morgan fingerprint density at radius 3 is 2.42 bits per heavy atom. The average Bonchev–Trinajstić information content (AvgIpc) is 2.36. The van der Waals surface area contributed by atoms with Gasteiger partial charge in [0.2, 0.25) is 10.0 Å². The van der Waals surface area contributed by atoms with Gasteiger partial charge in [0.1, 0.15) is 0 Å². The lowest BCUT2D eigenvalue weighted by atomic mass is 9.96. The molecule has 106 valence electrons. The fourth-order valence-electron chi connectivity index (χ4n) is 1.14. The summed E-state index contributed by atoms with van der Waals surface area (Å²) in [6, 6.07) is 6.84. The molecule has 2 N–H and O–H groups in total. The number of aliphatic hydroxyl groups excluding tert-OH is 1. The van der Waals surface area contributed by atoms with Crippen molar-refractivity contribution >= 4 is 27.7 Å². The maximum absolute atomic E-state index is 11.7. The van der Waals surface area contributed by atoms with E-state index in [0.29, 0.717) is 5.02 Å². The molecule has 0 aromatic heterocycles. The molecular weight excluding hydrogens is 286 g/mol. The molecule has 1 aromatic carbocycles. The molecule has 0 saturated carbocycles. The highest BCUT2D eigenvalue weighted by molar-refractivity contribution is 7.92. The van der Waals surface area contributed by atoms with Crippen molar-refractivity contribution in [3.8, 4) is 0 Å². The van der Waals surface area contributed by atoms with Crippen LogP contribution < -0.4 is 4.72 Å². The standard InChI is InChI=1S/C13H18ClNO3S/c1-13(2,10-16)9-15-19(17,18)8-7-11-3-5-12(14)6-4-11/h3-8,15-16H,9-10H2,1-2H3/b8-7+. The number of benzene rings is 1. The third-order valence-electron chi connectivity index (χ3n) is 2.49. The molecule has 0 fully saturated rings. The van der Waals surface area contributed by atoms with Gasteiger partial charge in [-0.1, -0.05) is 37.6 Å². The fourth-order valence-corrected chi connectivity index (χ4v) is 2.29. The van der Waals surface area contributed by atoms with Crippen LogP contribution >= 0.6 is 11.6 Å². The lowest BCUT2D eigenvalue weighted by Crippen LogP contribution is -2.35. The highest BCUT2D eigenvalue weighted by Gasteiger charge is 2.18. The van der Waals surface area contributed by atoms with Crippen LogP contribution in [0, 0.1) is 5.41 Å². The topological polar surface area (TPSA) is 66.4 Å². The molecular formula is C13H18ClNO3S. The number of rotatable bonds is 6. The molecule has 0 saturated heterocycles. The summed E-state index contributed by atoms with van der Waals surface area (Å²) in [5.74, 6) is 0. The van der Waals surface area contributed by atoms with E-state index in [0.717, 1.165) is 11.0 Å². The van der Waals surface area contributed by atoms with E-state index >= 15 is 0 Å². The van der Waals surface area contributed by atoms with E-state index in [-0.39, 0.29) is 13.2 Å². The minimum Gasteiger partial charge on any atom is -0.396 e. The summed E-state index contributed by atoms with van der Waals surface area (Å²) in [6.45, 7) is 3.64. The molecule has 19 heavy (non-hydrogen) atoms. The number of hydrogen-bond donors (Lipinski definition) is 2. The van der Waals surface area contributed by atoms with E-state index in [1.165, 1.54) is 6.08 Å². The number of hydrogen-bond acceptors (Lipinski definition) is 3. The van der Waals surface area contributed by atoms with Gasteiger partial charge in [-0.05, 0) is 23.8 Å². The van der Waals surface area contributed by atoms with E-state index in [2.05, 4.69) is 4.72 Å². The Balaban J connectivity index is 2.67. The van der Waals surface area contributed by atoms with Crippen molar-refractivity contribution in [2.45, 2.75) is 13.8 Å². The van der Waals surface area contributed by atoms with Gasteiger partial charge in [0.05, 0.1) is 0 Å². The van der Waals surface area contributed by atoms with Gasteiger partial charge in [-0.3, -0.25) is 0 Å². The summed E-state index contributed by atoms with van der Waals surface area (Å²) >= 11 is 5.74. The molecule has 0 spiro atoms. The second-order valence-electron chi connectivity index (χ2n) is 5.04. The highest BCUT2D eigenvalue weighted by atomic mass is 35.5. The van der Waals surface area contributed by atoms with E-state index in [9.17, 15) is 8.42 Å². The fraction of sp³-hybridized carbons (Fsp3) is 0.385. The third-order valence-corrected chi connectivity index (χ3v) is 3.78. The van der Waals surface area contributed by atoms with E-state index < -0.39 is 15.4 Å². The predicted octanol–water partition coefficient (Wildman–Crippen LogP) is 2.25. The van der Waals surface area contributed by atoms with Crippen LogP contribution in [0.15, 0.2) is 29.7 Å². The zero-order valence-corrected chi connectivity index (χ0v) is 12.5. The Morgan fingerprint density at radius 2 is 1.89 bits per heavy atom. The molecule has 0 bridgehead atoms. The highest BCUT2D eigenvalue weighted by Crippen LogP contribution is 2.13. The van der Waals surface area contributed by atoms with Gasteiger partial charge in [-0.2, -0.15) is 0 Å². The zero-order chi connectivity index (χ0) is 14.5. The molecule has 4 nitrogen and oxygen atoms in total. The van der Waals surface area contributed by atoms with Crippen molar-refractivity contribution in [3.05, 3.63) is 40.3 Å². The predicted molar refractivity (Wildman–Crippen MR) is 78.3 cm³/mol. The molecule has 0 aliphatic heterocycles. The van der Waals surface area contributed by atoms with Crippen LogP contribution in [0.4, 0.5) is 0 Å². The monoisotopic (exact) mass is 303 g/mol. The Hall–Kier alpha value is -0.880. The summed E-state index contributed by atoms with van der Waals surface area (Å²) < 4.78 is 25.9. The first kappa shape index (κ1) is 16.2. The SMILES string of the molecule is CC(C)(CO)CNS(=O)(=O)/C=C/c1ccc(Cl)cc1. The normalized spacial score (nSPS) is 13.1. The lowest BCUT2D eigenvalue weighted by molar-refractivity contribution is 0.163. The van der Waals surface area contributed by atoms with Crippen molar-refractivity contribution in [3.63, 3.8) is 0 Å². The van der Waals surface area contributed by atoms with E-state index in [1.807, 2.05) is 0 Å². The Kier molecular flexibility index (Phi) is 5.55. The maximum Gasteiger partial charge on any atom is 0.233 e. The van der Waals surface area contributed by atoms with E-state index in [1.54, 1.807) is 38.1 Å². The summed E-state index contributed by atoms with van der Waals surface area (Å²) in [7, 11) is -3.51. The first-order valence-corrected chi connectivity index (χ1v) is 7.71. The van der Waals surface area contributed by atoms with Crippen LogP contribution in [0.2, 0.25) is 5.02 Å². The first-order chi connectivity index (χ1) is 8.74. The third kappa shape index (κ3) is 6.20. The number of halogens is 1. The second kappa shape index (κ2) is 6.52. The second-order valence-corrected chi connectivity index (χ2v) is 7.13. The number of sulfonamides is 1. The Bertz CT molecular complexity index is 536. The van der Waals surface area contributed by atoms with Gasteiger partial charge in [-0.25, -0.2) is 13.1 Å². The summed E-state index contributed by atoms with van der Waals surface area (Å²) in [5.41, 5.74) is 0.262. The lowest BCUT2D eigenvalue weighted by Gasteiger charge is -2.21. The van der Waals surface area contributed by atoms with Crippen molar-refractivity contribution in [1.29, 1.82) is 0 Å². The van der Waals surface area contributed by atoms with Gasteiger partial charge < -0.3 is 5.11 Å². The van der Waals surface area contributed by atoms with Crippen molar-refractivity contribution in [2.75, 3.05) is 13.2 Å². The van der Waals surface area contributed by atoms with Crippen LogP contribution in [-0.4, -0.2) is 26.7 Å². The summed E-state index contributed by atoms with van der Waals surface area (Å²) in [4.78, 5) is 0. The number of aliphatic hydroxyl groups is 1. The Morgan fingerprint density at radius 1 is 1.32 bits per heavy atom. The van der Waals surface area contributed by atoms with Gasteiger partial charge in [0.25, 0.3) is 0 Å². The van der Waals surface area contributed by atoms with Crippen LogP contribution in [0.5, 0.6) is 0 Å². The average molecular weight is 304 g/mol. The van der Waals surface area contributed by atoms with Crippen LogP contribution in [0.25, 0.3) is 6.08 Å². The molecule has 0 aliphatic rings. The molecule has 0 radical (unpaired) electrons. The molecule has 0 unspecified atom stereocenters. The van der Waals surface area contributed by atoms with Crippen molar-refractivity contribution < 1.29 is 13.5 Å². The zero-order valence-electron chi connectivity index (χ0n) is 10.9. The smallest absolute Gasteiger partial charge is 0.233 e. The molecule has 6 heteroatoms. The molecule has 0 atom stereocenters. The molecule has 0 heterocycles. The summed E-state index contributed by atoms with van der Waals surface area (Å²) in [5, 5.41) is 10.8. The maximum atomic E-state index is 11.7. The molecule has 1 rings (SSSR count). The molecule has 1 aromatic rings. The van der Waals surface area contributed by atoms with Crippen molar-refractivity contribution in [1.82, 2.24) is 4.72 Å². The van der Waals surface area contributed by atoms with Gasteiger partial charge in [-0.15, -0.1) is 0 Å². The minimum absolute atomic E-state index is 0.0869. The quantitative estimate of drug-likeness (QED) is 0.847. The van der Waals surface area contributed by atoms with E-state index in [4.69, 9.17) is 16.7 Å². The van der Waals surface area contributed by atoms with Gasteiger partial charge in [0.15, 0.2) is 0 Å². The minimum atomic E-state index is -3.51. The van der Waals surface area contributed by atoms with Crippen LogP contribution in [-0.2, 0) is 10.0 Å². The number of nitrogens with one attached hydrogen (secondary N) is 1. The van der Waals surface area contributed by atoms with Crippen LogP contribution in [0.3, 0.4) is 0 Å². The van der Waals surface area contributed by atoms with Crippen molar-refractivity contribution in [2.24, 2.45) is 5.41 Å². The molecule has 0 aliphatic carbocycles. The molecule has 0 amide bonds. The first-order valence-electron chi connectivity index (χ1n) is 5.78. The largest absolute Gasteiger partial charge is 0.396 e. The van der Waals surface area contributed by atoms with Crippen LogP contribution in [0.1, 0.15) is 19.4 Å². The van der Waals surface area contributed by atoms with Gasteiger partial charge in [0, 0.05) is 29.0 Å².